The molecule has 14 heavy (non-hydrogen) atoms. The van der Waals surface area contributed by atoms with Crippen molar-refractivity contribution in [3.63, 3.8) is 0 Å². The quantitative estimate of drug-likeness (QED) is 0.737. The number of thioether (sulfide) groups is 1. The molecule has 0 spiro atoms. The predicted molar refractivity (Wildman–Crippen MR) is 62.0 cm³/mol. The summed E-state index contributed by atoms with van der Waals surface area (Å²) in [6.45, 7) is 0. The summed E-state index contributed by atoms with van der Waals surface area (Å²) in [4.78, 5) is 0. The zero-order valence-corrected chi connectivity index (χ0v) is 9.13. The fourth-order valence-corrected chi connectivity index (χ4v) is 2.69. The second-order valence-corrected chi connectivity index (χ2v) is 4.82. The van der Waals surface area contributed by atoms with E-state index >= 15 is 0 Å². The standard InChI is InChI=1S/C12H16OS/c1-2-5-11(6-3-1)13-12-7-4-9-14-10-8-12/h1-3,5-6,12H,4,7-10H2. The minimum atomic E-state index is 0.437. The molecular weight excluding hydrogens is 192 g/mol. The highest BCUT2D eigenvalue weighted by atomic mass is 32.2. The largest absolute Gasteiger partial charge is 0.490 e. The minimum absolute atomic E-state index is 0.437. The van der Waals surface area contributed by atoms with Crippen molar-refractivity contribution in [3.05, 3.63) is 30.3 Å². The third-order valence-corrected chi connectivity index (χ3v) is 3.55. The van der Waals surface area contributed by atoms with Gasteiger partial charge in [0.15, 0.2) is 0 Å². The lowest BCUT2D eigenvalue weighted by molar-refractivity contribution is 0.189. The molecule has 1 aromatic rings. The fourth-order valence-electron chi connectivity index (χ4n) is 1.68. The molecule has 0 bridgehead atoms. The van der Waals surface area contributed by atoms with Crippen LogP contribution in [0.15, 0.2) is 30.3 Å². The highest BCUT2D eigenvalue weighted by Gasteiger charge is 2.13. The van der Waals surface area contributed by atoms with Crippen molar-refractivity contribution < 1.29 is 4.74 Å². The van der Waals surface area contributed by atoms with Crippen LogP contribution in [-0.2, 0) is 0 Å². The van der Waals surface area contributed by atoms with Gasteiger partial charge in [0.25, 0.3) is 0 Å². The summed E-state index contributed by atoms with van der Waals surface area (Å²) in [5.74, 6) is 3.57. The van der Waals surface area contributed by atoms with Crippen molar-refractivity contribution in [2.24, 2.45) is 0 Å². The van der Waals surface area contributed by atoms with Gasteiger partial charge in [-0.25, -0.2) is 0 Å². The van der Waals surface area contributed by atoms with Crippen LogP contribution in [-0.4, -0.2) is 17.6 Å². The van der Waals surface area contributed by atoms with E-state index in [1.807, 2.05) is 30.3 Å². The summed E-state index contributed by atoms with van der Waals surface area (Å²) in [6, 6.07) is 10.2. The summed E-state index contributed by atoms with van der Waals surface area (Å²) in [6.07, 6.45) is 4.14. The van der Waals surface area contributed by atoms with Crippen molar-refractivity contribution in [3.8, 4) is 5.75 Å². The fraction of sp³-hybridized carbons (Fsp3) is 0.500. The molecule has 76 valence electrons. The summed E-state index contributed by atoms with van der Waals surface area (Å²) in [5.41, 5.74) is 0. The molecule has 0 aliphatic carbocycles. The van der Waals surface area contributed by atoms with Crippen LogP contribution in [0.3, 0.4) is 0 Å². The highest BCUT2D eigenvalue weighted by molar-refractivity contribution is 7.99. The van der Waals surface area contributed by atoms with Crippen molar-refractivity contribution in [2.75, 3.05) is 11.5 Å². The van der Waals surface area contributed by atoms with Gasteiger partial charge < -0.3 is 4.74 Å². The Balaban J connectivity index is 1.90. The van der Waals surface area contributed by atoms with Crippen LogP contribution in [0.2, 0.25) is 0 Å². The molecule has 1 nitrogen and oxygen atoms in total. The average Bonchev–Trinajstić information content (AvgIpc) is 2.48. The first-order valence-corrected chi connectivity index (χ1v) is 6.40. The summed E-state index contributed by atoms with van der Waals surface area (Å²) in [5, 5.41) is 0. The van der Waals surface area contributed by atoms with Crippen molar-refractivity contribution in [1.82, 2.24) is 0 Å². The van der Waals surface area contributed by atoms with Crippen LogP contribution < -0.4 is 4.74 Å². The number of ether oxygens (including phenoxy) is 1. The molecule has 1 unspecified atom stereocenters. The van der Waals surface area contributed by atoms with Gasteiger partial charge in [-0.3, -0.25) is 0 Å². The molecule has 1 heterocycles. The Bertz CT molecular complexity index is 252. The number of hydrogen-bond donors (Lipinski definition) is 0. The Kier molecular flexibility index (Phi) is 3.75. The number of hydrogen-bond acceptors (Lipinski definition) is 2. The van der Waals surface area contributed by atoms with Crippen LogP contribution in [0.5, 0.6) is 5.75 Å². The second kappa shape index (κ2) is 5.30. The van der Waals surface area contributed by atoms with E-state index in [0.717, 1.165) is 5.75 Å². The van der Waals surface area contributed by atoms with Gasteiger partial charge in [-0.1, -0.05) is 18.2 Å². The molecule has 0 amide bonds. The maximum Gasteiger partial charge on any atom is 0.119 e. The molecular formula is C12H16OS. The van der Waals surface area contributed by atoms with Gasteiger partial charge in [-0.05, 0) is 42.9 Å². The van der Waals surface area contributed by atoms with E-state index < -0.39 is 0 Å². The zero-order valence-electron chi connectivity index (χ0n) is 8.32. The lowest BCUT2D eigenvalue weighted by Crippen LogP contribution is -2.16. The molecule has 0 radical (unpaired) electrons. The first-order valence-electron chi connectivity index (χ1n) is 5.24. The van der Waals surface area contributed by atoms with Crippen LogP contribution in [0, 0.1) is 0 Å². The predicted octanol–water partition coefficient (Wildman–Crippen LogP) is 3.35. The zero-order chi connectivity index (χ0) is 9.64. The van der Waals surface area contributed by atoms with Crippen LogP contribution >= 0.6 is 11.8 Å². The molecule has 0 aromatic heterocycles. The topological polar surface area (TPSA) is 9.23 Å². The van der Waals surface area contributed by atoms with Gasteiger partial charge >= 0.3 is 0 Å². The molecule has 2 rings (SSSR count). The molecule has 1 aromatic carbocycles. The van der Waals surface area contributed by atoms with Gasteiger partial charge in [-0.15, -0.1) is 0 Å². The number of para-hydroxylation sites is 1. The normalized spacial score (nSPS) is 22.7. The van der Waals surface area contributed by atoms with Gasteiger partial charge in [0.05, 0.1) is 6.10 Å². The Labute approximate surface area is 89.9 Å². The first kappa shape index (κ1) is 9.91. The SMILES string of the molecule is c1ccc(OC2CCCSCC2)cc1. The van der Waals surface area contributed by atoms with Crippen molar-refractivity contribution in [2.45, 2.75) is 25.4 Å². The molecule has 2 heteroatoms. The second-order valence-electron chi connectivity index (χ2n) is 3.60. The molecule has 1 atom stereocenters. The third-order valence-electron chi connectivity index (χ3n) is 2.44. The monoisotopic (exact) mass is 208 g/mol. The molecule has 1 aliphatic heterocycles. The Morgan fingerprint density at radius 1 is 1.07 bits per heavy atom. The van der Waals surface area contributed by atoms with Crippen LogP contribution in [0.25, 0.3) is 0 Å². The molecule has 1 aliphatic rings. The van der Waals surface area contributed by atoms with E-state index in [-0.39, 0.29) is 0 Å². The van der Waals surface area contributed by atoms with E-state index in [1.165, 1.54) is 30.8 Å². The summed E-state index contributed by atoms with van der Waals surface area (Å²) >= 11 is 2.05. The van der Waals surface area contributed by atoms with E-state index in [0.29, 0.717) is 6.10 Å². The van der Waals surface area contributed by atoms with Gasteiger partial charge in [0.2, 0.25) is 0 Å². The average molecular weight is 208 g/mol. The lowest BCUT2D eigenvalue weighted by atomic mass is 10.1. The van der Waals surface area contributed by atoms with E-state index in [2.05, 4.69) is 11.8 Å². The molecule has 1 fully saturated rings. The Morgan fingerprint density at radius 2 is 1.93 bits per heavy atom. The van der Waals surface area contributed by atoms with Gasteiger partial charge in [0.1, 0.15) is 5.75 Å². The summed E-state index contributed by atoms with van der Waals surface area (Å²) in [7, 11) is 0. The van der Waals surface area contributed by atoms with Crippen molar-refractivity contribution in [1.29, 1.82) is 0 Å². The van der Waals surface area contributed by atoms with E-state index in [1.54, 1.807) is 0 Å². The number of benzene rings is 1. The Morgan fingerprint density at radius 3 is 2.79 bits per heavy atom. The minimum Gasteiger partial charge on any atom is -0.490 e. The smallest absolute Gasteiger partial charge is 0.119 e. The Hall–Kier alpha value is -0.630. The van der Waals surface area contributed by atoms with E-state index in [9.17, 15) is 0 Å². The van der Waals surface area contributed by atoms with Gasteiger partial charge in [-0.2, -0.15) is 11.8 Å². The molecule has 1 saturated heterocycles. The van der Waals surface area contributed by atoms with Crippen molar-refractivity contribution >= 4 is 11.8 Å². The summed E-state index contributed by atoms with van der Waals surface area (Å²) < 4.78 is 5.92. The highest BCUT2D eigenvalue weighted by Crippen LogP contribution is 2.21. The van der Waals surface area contributed by atoms with E-state index in [4.69, 9.17) is 4.74 Å². The molecule has 0 saturated carbocycles. The molecule has 0 N–H and O–H groups in total. The third kappa shape index (κ3) is 2.95. The number of rotatable bonds is 2. The van der Waals surface area contributed by atoms with Crippen LogP contribution in [0.1, 0.15) is 19.3 Å². The maximum atomic E-state index is 5.92. The lowest BCUT2D eigenvalue weighted by Gasteiger charge is -2.16. The van der Waals surface area contributed by atoms with Gasteiger partial charge in [0, 0.05) is 0 Å². The maximum absolute atomic E-state index is 5.92. The first-order chi connectivity index (χ1) is 6.95. The van der Waals surface area contributed by atoms with Crippen LogP contribution in [0.4, 0.5) is 0 Å².